The minimum atomic E-state index is -0.331. The van der Waals surface area contributed by atoms with E-state index in [1.54, 1.807) is 6.92 Å². The second kappa shape index (κ2) is 5.01. The van der Waals surface area contributed by atoms with E-state index in [9.17, 15) is 4.79 Å². The summed E-state index contributed by atoms with van der Waals surface area (Å²) in [6.07, 6.45) is 0. The molecule has 0 bridgehead atoms. The van der Waals surface area contributed by atoms with E-state index in [1.807, 2.05) is 26.8 Å². The van der Waals surface area contributed by atoms with E-state index in [4.69, 9.17) is 10.5 Å². The van der Waals surface area contributed by atoms with Crippen molar-refractivity contribution in [1.29, 1.82) is 0 Å². The number of rotatable bonds is 4. The lowest BCUT2D eigenvalue weighted by molar-refractivity contribution is -0.122. The number of primary amides is 1. The first kappa shape index (κ1) is 12.6. The lowest BCUT2D eigenvalue weighted by atomic mass is 10.1. The number of benzene rings is 1. The van der Waals surface area contributed by atoms with Gasteiger partial charge in [0.15, 0.2) is 0 Å². The fraction of sp³-hybridized carbons (Fsp3) is 0.462. The van der Waals surface area contributed by atoms with Crippen LogP contribution >= 0.6 is 0 Å². The highest BCUT2D eigenvalue weighted by Gasteiger charge is 2.12. The zero-order chi connectivity index (χ0) is 12.3. The predicted molar refractivity (Wildman–Crippen MR) is 64.5 cm³/mol. The maximum Gasteiger partial charge on any atom is 0.223 e. The highest BCUT2D eigenvalue weighted by atomic mass is 16.5. The van der Waals surface area contributed by atoms with Gasteiger partial charge in [0, 0.05) is 0 Å². The van der Waals surface area contributed by atoms with Gasteiger partial charge in [-0.1, -0.05) is 19.1 Å². The molecule has 0 saturated carbocycles. The van der Waals surface area contributed by atoms with Crippen molar-refractivity contribution in [2.75, 3.05) is 6.61 Å². The van der Waals surface area contributed by atoms with E-state index in [0.29, 0.717) is 6.61 Å². The van der Waals surface area contributed by atoms with Crippen molar-refractivity contribution in [3.63, 3.8) is 0 Å². The molecule has 3 heteroatoms. The fourth-order valence-corrected chi connectivity index (χ4v) is 1.44. The first-order valence-corrected chi connectivity index (χ1v) is 5.42. The zero-order valence-corrected chi connectivity index (χ0v) is 10.3. The molecule has 0 heterocycles. The average molecular weight is 221 g/mol. The van der Waals surface area contributed by atoms with Crippen LogP contribution in [0.5, 0.6) is 5.75 Å². The van der Waals surface area contributed by atoms with Crippen LogP contribution < -0.4 is 10.5 Å². The van der Waals surface area contributed by atoms with Gasteiger partial charge in [0.25, 0.3) is 0 Å². The van der Waals surface area contributed by atoms with Crippen LogP contribution in [0.3, 0.4) is 0 Å². The Balaban J connectivity index is 2.81. The number of carbonyl (C=O) groups is 1. The molecular formula is C13H19NO2. The molecule has 1 rings (SSSR count). The third kappa shape index (κ3) is 2.75. The molecule has 3 nitrogen and oxygen atoms in total. The number of carbonyl (C=O) groups excluding carboxylic acids is 1. The zero-order valence-electron chi connectivity index (χ0n) is 10.3. The molecule has 88 valence electrons. The summed E-state index contributed by atoms with van der Waals surface area (Å²) >= 11 is 0. The Bertz CT molecular complexity index is 399. The van der Waals surface area contributed by atoms with Crippen LogP contribution in [0, 0.1) is 26.7 Å². The van der Waals surface area contributed by atoms with E-state index >= 15 is 0 Å². The lowest BCUT2D eigenvalue weighted by Crippen LogP contribution is -2.26. The first-order chi connectivity index (χ1) is 7.43. The van der Waals surface area contributed by atoms with E-state index in [-0.39, 0.29) is 11.8 Å². The molecule has 0 aliphatic rings. The molecule has 0 radical (unpaired) electrons. The summed E-state index contributed by atoms with van der Waals surface area (Å²) in [5.74, 6) is 0.273. The second-order valence-corrected chi connectivity index (χ2v) is 4.27. The summed E-state index contributed by atoms with van der Waals surface area (Å²) in [6.45, 7) is 8.16. The number of amides is 1. The summed E-state index contributed by atoms with van der Waals surface area (Å²) in [6, 6.07) is 4.08. The van der Waals surface area contributed by atoms with Gasteiger partial charge in [-0.2, -0.15) is 0 Å². The fourth-order valence-electron chi connectivity index (χ4n) is 1.44. The highest BCUT2D eigenvalue weighted by Crippen LogP contribution is 2.26. The molecule has 1 atom stereocenters. The Morgan fingerprint density at radius 3 is 2.44 bits per heavy atom. The first-order valence-electron chi connectivity index (χ1n) is 5.42. The standard InChI is InChI=1S/C13H19NO2/c1-8-5-6-9(2)12(11(8)4)16-7-10(3)13(14)15/h5-6,10H,7H2,1-4H3,(H2,14,15). The predicted octanol–water partition coefficient (Wildman–Crippen LogP) is 2.11. The largest absolute Gasteiger partial charge is 0.492 e. The molecule has 16 heavy (non-hydrogen) atoms. The second-order valence-electron chi connectivity index (χ2n) is 4.27. The minimum absolute atomic E-state index is 0.265. The normalized spacial score (nSPS) is 12.2. The molecule has 0 spiro atoms. The van der Waals surface area contributed by atoms with Crippen molar-refractivity contribution < 1.29 is 9.53 Å². The van der Waals surface area contributed by atoms with Gasteiger partial charge in [0.1, 0.15) is 5.75 Å². The molecule has 0 aromatic heterocycles. The SMILES string of the molecule is Cc1ccc(C)c(OCC(C)C(N)=O)c1C. The molecule has 1 unspecified atom stereocenters. The van der Waals surface area contributed by atoms with Crippen LogP contribution in [0.15, 0.2) is 12.1 Å². The van der Waals surface area contributed by atoms with Crippen molar-refractivity contribution in [2.45, 2.75) is 27.7 Å². The lowest BCUT2D eigenvalue weighted by Gasteiger charge is -2.15. The molecule has 2 N–H and O–H groups in total. The van der Waals surface area contributed by atoms with Gasteiger partial charge in [-0.25, -0.2) is 0 Å². The molecule has 1 aromatic carbocycles. The van der Waals surface area contributed by atoms with E-state index < -0.39 is 0 Å². The van der Waals surface area contributed by atoms with Gasteiger partial charge in [-0.3, -0.25) is 4.79 Å². The quantitative estimate of drug-likeness (QED) is 0.846. The van der Waals surface area contributed by atoms with Gasteiger partial charge < -0.3 is 10.5 Å². The molecule has 1 amide bonds. The molecule has 0 aliphatic carbocycles. The third-order valence-electron chi connectivity index (χ3n) is 2.84. The van der Waals surface area contributed by atoms with Crippen LogP contribution in [-0.2, 0) is 4.79 Å². The summed E-state index contributed by atoms with van der Waals surface area (Å²) in [4.78, 5) is 10.9. The third-order valence-corrected chi connectivity index (χ3v) is 2.84. The average Bonchev–Trinajstić information content (AvgIpc) is 2.23. The summed E-state index contributed by atoms with van der Waals surface area (Å²) in [5, 5.41) is 0. The molecule has 1 aromatic rings. The summed E-state index contributed by atoms with van der Waals surface area (Å²) < 4.78 is 5.67. The Morgan fingerprint density at radius 1 is 1.31 bits per heavy atom. The van der Waals surface area contributed by atoms with Crippen LogP contribution in [0.2, 0.25) is 0 Å². The maximum atomic E-state index is 10.9. The van der Waals surface area contributed by atoms with Crippen molar-refractivity contribution >= 4 is 5.91 Å². The van der Waals surface area contributed by atoms with E-state index in [2.05, 4.69) is 6.07 Å². The van der Waals surface area contributed by atoms with Crippen molar-refractivity contribution in [1.82, 2.24) is 0 Å². The number of hydrogen-bond donors (Lipinski definition) is 1. The van der Waals surface area contributed by atoms with Gasteiger partial charge in [0.2, 0.25) is 5.91 Å². The number of aryl methyl sites for hydroxylation is 2. The van der Waals surface area contributed by atoms with Crippen molar-refractivity contribution in [2.24, 2.45) is 11.7 Å². The van der Waals surface area contributed by atoms with Crippen LogP contribution in [0.25, 0.3) is 0 Å². The number of nitrogens with two attached hydrogens (primary N) is 1. The Hall–Kier alpha value is -1.51. The van der Waals surface area contributed by atoms with Crippen LogP contribution in [0.1, 0.15) is 23.6 Å². The molecule has 0 saturated heterocycles. The van der Waals surface area contributed by atoms with Gasteiger partial charge in [-0.15, -0.1) is 0 Å². The summed E-state index contributed by atoms with van der Waals surface area (Å²) in [5.41, 5.74) is 8.58. The molecular weight excluding hydrogens is 202 g/mol. The highest BCUT2D eigenvalue weighted by molar-refractivity contribution is 5.76. The Labute approximate surface area is 96.6 Å². The number of ether oxygens (including phenoxy) is 1. The summed E-state index contributed by atoms with van der Waals surface area (Å²) in [7, 11) is 0. The Kier molecular flexibility index (Phi) is 3.93. The minimum Gasteiger partial charge on any atom is -0.492 e. The molecule has 0 fully saturated rings. The van der Waals surface area contributed by atoms with Crippen molar-refractivity contribution in [3.05, 3.63) is 28.8 Å². The van der Waals surface area contributed by atoms with Gasteiger partial charge in [0.05, 0.1) is 12.5 Å². The topological polar surface area (TPSA) is 52.3 Å². The van der Waals surface area contributed by atoms with E-state index in [0.717, 1.165) is 16.9 Å². The maximum absolute atomic E-state index is 10.9. The smallest absolute Gasteiger partial charge is 0.223 e. The van der Waals surface area contributed by atoms with E-state index in [1.165, 1.54) is 5.56 Å². The van der Waals surface area contributed by atoms with Gasteiger partial charge >= 0.3 is 0 Å². The Morgan fingerprint density at radius 2 is 1.88 bits per heavy atom. The number of hydrogen-bond acceptors (Lipinski definition) is 2. The van der Waals surface area contributed by atoms with Crippen LogP contribution in [-0.4, -0.2) is 12.5 Å². The van der Waals surface area contributed by atoms with Crippen LogP contribution in [0.4, 0.5) is 0 Å². The monoisotopic (exact) mass is 221 g/mol. The molecule has 0 aliphatic heterocycles. The van der Waals surface area contributed by atoms with Crippen molar-refractivity contribution in [3.8, 4) is 5.75 Å². The van der Waals surface area contributed by atoms with Gasteiger partial charge in [-0.05, 0) is 37.5 Å².